The molecule has 0 spiro atoms. The fraction of sp³-hybridized carbons (Fsp3) is 0.238. The van der Waals surface area contributed by atoms with Crippen molar-refractivity contribution in [1.29, 1.82) is 0 Å². The summed E-state index contributed by atoms with van der Waals surface area (Å²) >= 11 is 1.07. The molecule has 1 aliphatic heterocycles. The molecule has 1 amide bonds. The van der Waals surface area contributed by atoms with E-state index in [1.807, 2.05) is 6.92 Å². The molecule has 162 valence electrons. The topological polar surface area (TPSA) is 82.6 Å². The maximum atomic E-state index is 13.1. The summed E-state index contributed by atoms with van der Waals surface area (Å²) in [5, 5.41) is 1.70. The molecule has 2 aromatic carbocycles. The first-order chi connectivity index (χ1) is 14.8. The number of aromatic nitrogens is 1. The smallest absolute Gasteiger partial charge is 0.273 e. The SMILES string of the molecule is Cc1ccc(S(=O)(=O)Nc2nc(C(=O)N3CCN(c4ccc(F)cc4)CC3)cs2)cc1. The van der Waals surface area contributed by atoms with Crippen molar-refractivity contribution >= 4 is 38.1 Å². The number of amides is 1. The van der Waals surface area contributed by atoms with Gasteiger partial charge in [-0.05, 0) is 43.3 Å². The first kappa shape index (κ1) is 21.3. The Morgan fingerprint density at radius 1 is 1.03 bits per heavy atom. The van der Waals surface area contributed by atoms with Crippen molar-refractivity contribution in [2.75, 3.05) is 35.8 Å². The lowest BCUT2D eigenvalue weighted by Crippen LogP contribution is -2.48. The molecule has 31 heavy (non-hydrogen) atoms. The quantitative estimate of drug-likeness (QED) is 0.631. The molecule has 3 aromatic rings. The van der Waals surface area contributed by atoms with Crippen LogP contribution in [0.3, 0.4) is 0 Å². The van der Waals surface area contributed by atoms with Crippen molar-refractivity contribution in [3.63, 3.8) is 0 Å². The molecule has 0 atom stereocenters. The van der Waals surface area contributed by atoms with Gasteiger partial charge in [0.05, 0.1) is 4.90 Å². The minimum atomic E-state index is -3.77. The second kappa shape index (κ2) is 8.64. The third kappa shape index (κ3) is 4.86. The van der Waals surface area contributed by atoms with E-state index < -0.39 is 10.0 Å². The summed E-state index contributed by atoms with van der Waals surface area (Å²) in [6.07, 6.45) is 0. The molecule has 1 aliphatic rings. The number of halogens is 1. The van der Waals surface area contributed by atoms with Crippen LogP contribution in [-0.2, 0) is 10.0 Å². The van der Waals surface area contributed by atoms with E-state index in [0.29, 0.717) is 26.2 Å². The molecule has 4 rings (SSSR count). The number of nitrogens with one attached hydrogen (secondary N) is 1. The van der Waals surface area contributed by atoms with Crippen molar-refractivity contribution in [2.24, 2.45) is 0 Å². The van der Waals surface area contributed by atoms with E-state index in [-0.39, 0.29) is 27.4 Å². The standard InChI is InChI=1S/C21H21FN4O3S2/c1-15-2-8-18(9-3-15)31(28,29)24-21-23-19(14-30-21)20(27)26-12-10-25(11-13-26)17-6-4-16(22)5-7-17/h2-9,14H,10-13H2,1H3,(H,23,24). The zero-order chi connectivity index (χ0) is 22.0. The van der Waals surface area contributed by atoms with Crippen LogP contribution in [0.4, 0.5) is 15.2 Å². The average molecular weight is 461 g/mol. The Morgan fingerprint density at radius 3 is 2.32 bits per heavy atom. The second-order valence-corrected chi connectivity index (χ2v) is 9.75. The van der Waals surface area contributed by atoms with Crippen molar-refractivity contribution in [1.82, 2.24) is 9.88 Å². The first-order valence-electron chi connectivity index (χ1n) is 9.67. The molecule has 0 radical (unpaired) electrons. The van der Waals surface area contributed by atoms with Gasteiger partial charge in [0.15, 0.2) is 5.13 Å². The summed E-state index contributed by atoms with van der Waals surface area (Å²) in [7, 11) is -3.77. The molecule has 1 fully saturated rings. The highest BCUT2D eigenvalue weighted by atomic mass is 32.2. The van der Waals surface area contributed by atoms with Gasteiger partial charge in [0.1, 0.15) is 11.5 Å². The van der Waals surface area contributed by atoms with E-state index in [0.717, 1.165) is 22.6 Å². The number of nitrogens with zero attached hydrogens (tertiary/aromatic N) is 3. The van der Waals surface area contributed by atoms with Crippen LogP contribution in [0.5, 0.6) is 0 Å². The molecule has 10 heteroatoms. The van der Waals surface area contributed by atoms with Gasteiger partial charge >= 0.3 is 0 Å². The lowest BCUT2D eigenvalue weighted by atomic mass is 10.2. The Morgan fingerprint density at radius 2 is 1.68 bits per heavy atom. The van der Waals surface area contributed by atoms with E-state index in [1.165, 1.54) is 24.3 Å². The molecule has 0 aliphatic carbocycles. The van der Waals surface area contributed by atoms with Crippen molar-refractivity contribution in [2.45, 2.75) is 11.8 Å². The minimum absolute atomic E-state index is 0.137. The summed E-state index contributed by atoms with van der Waals surface area (Å²) in [6.45, 7) is 4.11. The summed E-state index contributed by atoms with van der Waals surface area (Å²) in [5.41, 5.74) is 2.08. The van der Waals surface area contributed by atoms with Gasteiger partial charge in [-0.2, -0.15) is 0 Å². The number of benzene rings is 2. The Bertz CT molecular complexity index is 1170. The Labute approximate surface area is 184 Å². The molecule has 1 aromatic heterocycles. The molecule has 0 saturated carbocycles. The van der Waals surface area contributed by atoms with E-state index >= 15 is 0 Å². The van der Waals surface area contributed by atoms with Gasteiger partial charge < -0.3 is 9.80 Å². The predicted octanol–water partition coefficient (Wildman–Crippen LogP) is 3.35. The van der Waals surface area contributed by atoms with Crippen molar-refractivity contribution in [3.05, 3.63) is 71.0 Å². The van der Waals surface area contributed by atoms with E-state index in [1.54, 1.807) is 34.5 Å². The lowest BCUT2D eigenvalue weighted by Gasteiger charge is -2.35. The van der Waals surface area contributed by atoms with Crippen LogP contribution in [-0.4, -0.2) is 50.4 Å². The number of hydrogen-bond donors (Lipinski definition) is 1. The lowest BCUT2D eigenvalue weighted by molar-refractivity contribution is 0.0742. The third-order valence-electron chi connectivity index (χ3n) is 5.03. The summed E-state index contributed by atoms with van der Waals surface area (Å²) in [6, 6.07) is 12.8. The monoisotopic (exact) mass is 460 g/mol. The van der Waals surface area contributed by atoms with Gasteiger partial charge in [-0.3, -0.25) is 9.52 Å². The number of rotatable bonds is 5. The summed E-state index contributed by atoms with van der Waals surface area (Å²) in [4.78, 5) is 20.9. The van der Waals surface area contributed by atoms with Gasteiger partial charge in [-0.25, -0.2) is 17.8 Å². The van der Waals surface area contributed by atoms with Crippen molar-refractivity contribution in [3.8, 4) is 0 Å². The molecule has 1 saturated heterocycles. The Balaban J connectivity index is 1.38. The second-order valence-electron chi connectivity index (χ2n) is 7.21. The van der Waals surface area contributed by atoms with Crippen LogP contribution in [0.1, 0.15) is 16.1 Å². The third-order valence-corrected chi connectivity index (χ3v) is 7.28. The van der Waals surface area contributed by atoms with Crippen molar-refractivity contribution < 1.29 is 17.6 Å². The number of piperazine rings is 1. The molecule has 7 nitrogen and oxygen atoms in total. The number of carbonyl (C=O) groups excluding carboxylic acids is 1. The highest BCUT2D eigenvalue weighted by Gasteiger charge is 2.25. The largest absolute Gasteiger partial charge is 0.368 e. The fourth-order valence-corrected chi connectivity index (χ4v) is 5.23. The Kier molecular flexibility index (Phi) is 5.92. The van der Waals surface area contributed by atoms with Crippen LogP contribution in [0, 0.1) is 12.7 Å². The fourth-order valence-electron chi connectivity index (χ4n) is 3.29. The molecule has 2 heterocycles. The van der Waals surface area contributed by atoms with Crippen LogP contribution < -0.4 is 9.62 Å². The molecule has 0 bridgehead atoms. The molecule has 1 N–H and O–H groups in total. The number of anilines is 2. The first-order valence-corrected chi connectivity index (χ1v) is 12.0. The van der Waals surface area contributed by atoms with E-state index in [9.17, 15) is 17.6 Å². The number of sulfonamides is 1. The normalized spacial score (nSPS) is 14.5. The van der Waals surface area contributed by atoms with Gasteiger partial charge in [-0.15, -0.1) is 11.3 Å². The average Bonchev–Trinajstić information content (AvgIpc) is 3.22. The van der Waals surface area contributed by atoms with Gasteiger partial charge in [-0.1, -0.05) is 17.7 Å². The van der Waals surface area contributed by atoms with Gasteiger partial charge in [0, 0.05) is 37.2 Å². The molecular formula is C21H21FN4O3S2. The highest BCUT2D eigenvalue weighted by molar-refractivity contribution is 7.93. The van der Waals surface area contributed by atoms with Crippen LogP contribution in [0.25, 0.3) is 0 Å². The maximum Gasteiger partial charge on any atom is 0.273 e. The highest BCUT2D eigenvalue weighted by Crippen LogP contribution is 2.22. The summed E-state index contributed by atoms with van der Waals surface area (Å²) in [5.74, 6) is -0.523. The minimum Gasteiger partial charge on any atom is -0.368 e. The predicted molar refractivity (Wildman–Crippen MR) is 119 cm³/mol. The Hall–Kier alpha value is -2.98. The zero-order valence-corrected chi connectivity index (χ0v) is 18.4. The molecular weight excluding hydrogens is 439 g/mol. The zero-order valence-electron chi connectivity index (χ0n) is 16.8. The number of carbonyl (C=O) groups is 1. The van der Waals surface area contributed by atoms with E-state index in [4.69, 9.17) is 0 Å². The van der Waals surface area contributed by atoms with Gasteiger partial charge in [0.2, 0.25) is 0 Å². The van der Waals surface area contributed by atoms with Crippen LogP contribution in [0.15, 0.2) is 58.8 Å². The van der Waals surface area contributed by atoms with Crippen LogP contribution >= 0.6 is 11.3 Å². The van der Waals surface area contributed by atoms with Crippen LogP contribution in [0.2, 0.25) is 0 Å². The number of hydrogen-bond acceptors (Lipinski definition) is 6. The maximum absolute atomic E-state index is 13.1. The van der Waals surface area contributed by atoms with E-state index in [2.05, 4.69) is 14.6 Å². The van der Waals surface area contributed by atoms with Gasteiger partial charge in [0.25, 0.3) is 15.9 Å². The number of aryl methyl sites for hydroxylation is 1. The summed E-state index contributed by atoms with van der Waals surface area (Å²) < 4.78 is 40.6. The molecule has 0 unspecified atom stereocenters. The number of thiazole rings is 1.